The molecule has 1 unspecified atom stereocenters. The van der Waals surface area contributed by atoms with E-state index in [1.54, 1.807) is 32.4 Å². The molecule has 0 fully saturated rings. The quantitative estimate of drug-likeness (QED) is 0.760. The van der Waals surface area contributed by atoms with Crippen LogP contribution in [0.3, 0.4) is 0 Å². The van der Waals surface area contributed by atoms with Crippen LogP contribution in [0.5, 0.6) is 17.2 Å². The van der Waals surface area contributed by atoms with Crippen LogP contribution >= 0.6 is 0 Å². The van der Waals surface area contributed by atoms with Gasteiger partial charge in [0.2, 0.25) is 0 Å². The summed E-state index contributed by atoms with van der Waals surface area (Å²) in [6.07, 6.45) is 0.631. The summed E-state index contributed by atoms with van der Waals surface area (Å²) in [6, 6.07) is 12.8. The summed E-state index contributed by atoms with van der Waals surface area (Å²) >= 11 is 0. The van der Waals surface area contributed by atoms with Gasteiger partial charge in [0.15, 0.2) is 11.5 Å². The molecule has 0 aliphatic rings. The molecule has 0 aliphatic heterocycles. The minimum absolute atomic E-state index is 0.146. The molecule has 2 aromatic rings. The van der Waals surface area contributed by atoms with Crippen LogP contribution in [0.1, 0.15) is 28.9 Å². The van der Waals surface area contributed by atoms with Crippen molar-refractivity contribution in [2.24, 2.45) is 0 Å². The fourth-order valence-electron chi connectivity index (χ4n) is 1.99. The van der Waals surface area contributed by atoms with Gasteiger partial charge >= 0.3 is 0 Å². The van der Waals surface area contributed by atoms with Gasteiger partial charge in [-0.25, -0.2) is 0 Å². The summed E-state index contributed by atoms with van der Waals surface area (Å²) in [7, 11) is 3.18. The molecule has 0 saturated heterocycles. The highest BCUT2D eigenvalue weighted by atomic mass is 16.5. The van der Waals surface area contributed by atoms with Gasteiger partial charge in [0.25, 0.3) is 0 Å². The van der Waals surface area contributed by atoms with Crippen LogP contribution in [0.15, 0.2) is 42.5 Å². The van der Waals surface area contributed by atoms with Crippen molar-refractivity contribution in [2.45, 2.75) is 13.0 Å². The van der Waals surface area contributed by atoms with Crippen molar-refractivity contribution in [3.05, 3.63) is 53.6 Å². The van der Waals surface area contributed by atoms with Gasteiger partial charge in [0, 0.05) is 5.56 Å². The highest BCUT2D eigenvalue weighted by Crippen LogP contribution is 2.32. The normalized spacial score (nSPS) is 11.6. The molecule has 0 N–H and O–H groups in total. The van der Waals surface area contributed by atoms with E-state index in [0.29, 0.717) is 17.1 Å². The maximum atomic E-state index is 10.8. The third-order valence-electron chi connectivity index (χ3n) is 3.21. The van der Waals surface area contributed by atoms with E-state index in [1.807, 2.05) is 31.2 Å². The molecule has 4 nitrogen and oxygen atoms in total. The number of carbonyl (C=O) groups excluding carboxylic acids is 1. The molecule has 21 heavy (non-hydrogen) atoms. The predicted octanol–water partition coefficient (Wildman–Crippen LogP) is 3.66. The Labute approximate surface area is 124 Å². The first-order valence-corrected chi connectivity index (χ1v) is 6.61. The fourth-order valence-corrected chi connectivity index (χ4v) is 1.99. The minimum Gasteiger partial charge on any atom is -0.497 e. The first kappa shape index (κ1) is 14.9. The Morgan fingerprint density at radius 2 is 1.67 bits per heavy atom. The average molecular weight is 286 g/mol. The Balaban J connectivity index is 2.18. The highest BCUT2D eigenvalue weighted by molar-refractivity contribution is 5.76. The van der Waals surface area contributed by atoms with E-state index in [-0.39, 0.29) is 6.10 Å². The van der Waals surface area contributed by atoms with Crippen molar-refractivity contribution in [2.75, 3.05) is 14.2 Å². The number of hydrogen-bond acceptors (Lipinski definition) is 4. The minimum atomic E-state index is -0.146. The lowest BCUT2D eigenvalue weighted by Crippen LogP contribution is -2.04. The third kappa shape index (κ3) is 3.54. The van der Waals surface area contributed by atoms with Crippen LogP contribution in [0, 0.1) is 0 Å². The number of hydrogen-bond donors (Lipinski definition) is 0. The molecule has 2 rings (SSSR count). The van der Waals surface area contributed by atoms with Crippen molar-refractivity contribution in [3.63, 3.8) is 0 Å². The van der Waals surface area contributed by atoms with Crippen LogP contribution in [-0.4, -0.2) is 20.5 Å². The van der Waals surface area contributed by atoms with Crippen LogP contribution in [0.25, 0.3) is 0 Å². The molecule has 0 bridgehead atoms. The van der Waals surface area contributed by atoms with E-state index in [0.717, 1.165) is 17.6 Å². The second kappa shape index (κ2) is 6.79. The number of carbonyl (C=O) groups is 1. The topological polar surface area (TPSA) is 44.8 Å². The number of benzene rings is 2. The first-order valence-electron chi connectivity index (χ1n) is 6.61. The lowest BCUT2D eigenvalue weighted by Gasteiger charge is -2.17. The predicted molar refractivity (Wildman–Crippen MR) is 80.4 cm³/mol. The molecule has 0 radical (unpaired) electrons. The van der Waals surface area contributed by atoms with Crippen molar-refractivity contribution >= 4 is 6.29 Å². The third-order valence-corrected chi connectivity index (χ3v) is 3.21. The lowest BCUT2D eigenvalue weighted by molar-refractivity contribution is 0.112. The number of aldehydes is 1. The monoisotopic (exact) mass is 286 g/mol. The van der Waals surface area contributed by atoms with E-state index in [2.05, 4.69) is 0 Å². The van der Waals surface area contributed by atoms with E-state index in [1.165, 1.54) is 0 Å². The zero-order valence-electron chi connectivity index (χ0n) is 12.3. The van der Waals surface area contributed by atoms with Gasteiger partial charge in [-0.1, -0.05) is 12.1 Å². The summed E-state index contributed by atoms with van der Waals surface area (Å²) < 4.78 is 16.3. The van der Waals surface area contributed by atoms with Gasteiger partial charge in [-0.05, 0) is 42.8 Å². The molecule has 0 amide bonds. The van der Waals surface area contributed by atoms with Crippen LogP contribution in [0.2, 0.25) is 0 Å². The Morgan fingerprint density at radius 1 is 0.952 bits per heavy atom. The molecule has 1 atom stereocenters. The van der Waals surface area contributed by atoms with Gasteiger partial charge in [-0.3, -0.25) is 4.79 Å². The standard InChI is InChI=1S/C17H18O4/c1-12(14-5-7-15(19-2)8-6-14)21-16-9-4-13(11-18)10-17(16)20-3/h4-12H,1-3H3. The SMILES string of the molecule is COc1ccc(C(C)Oc2ccc(C=O)cc2OC)cc1. The molecule has 4 heteroatoms. The largest absolute Gasteiger partial charge is 0.497 e. The van der Waals surface area contributed by atoms with Crippen LogP contribution in [0.4, 0.5) is 0 Å². The van der Waals surface area contributed by atoms with E-state index in [4.69, 9.17) is 14.2 Å². The average Bonchev–Trinajstić information content (AvgIpc) is 2.55. The van der Waals surface area contributed by atoms with Crippen LogP contribution in [-0.2, 0) is 0 Å². The van der Waals surface area contributed by atoms with Gasteiger partial charge in [-0.15, -0.1) is 0 Å². The van der Waals surface area contributed by atoms with Gasteiger partial charge < -0.3 is 14.2 Å². The van der Waals surface area contributed by atoms with E-state index >= 15 is 0 Å². The zero-order chi connectivity index (χ0) is 15.2. The summed E-state index contributed by atoms with van der Waals surface area (Å²) in [4.78, 5) is 10.8. The Morgan fingerprint density at radius 3 is 2.24 bits per heavy atom. The van der Waals surface area contributed by atoms with Crippen molar-refractivity contribution in [1.82, 2.24) is 0 Å². The molecule has 0 saturated carbocycles. The van der Waals surface area contributed by atoms with Crippen LogP contribution < -0.4 is 14.2 Å². The number of methoxy groups -OCH3 is 2. The molecule has 0 aliphatic carbocycles. The maximum Gasteiger partial charge on any atom is 0.162 e. The van der Waals surface area contributed by atoms with Crippen molar-refractivity contribution in [1.29, 1.82) is 0 Å². The molecule has 2 aromatic carbocycles. The molecule has 110 valence electrons. The highest BCUT2D eigenvalue weighted by Gasteiger charge is 2.12. The van der Waals surface area contributed by atoms with Gasteiger partial charge in [0.05, 0.1) is 14.2 Å². The van der Waals surface area contributed by atoms with Gasteiger partial charge in [0.1, 0.15) is 18.1 Å². The van der Waals surface area contributed by atoms with E-state index in [9.17, 15) is 4.79 Å². The van der Waals surface area contributed by atoms with Gasteiger partial charge in [-0.2, -0.15) is 0 Å². The molecule has 0 aromatic heterocycles. The molecular formula is C17H18O4. The molecular weight excluding hydrogens is 268 g/mol. The second-order valence-corrected chi connectivity index (χ2v) is 4.56. The molecule has 0 heterocycles. The summed E-state index contributed by atoms with van der Waals surface area (Å²) in [5, 5.41) is 0. The number of ether oxygens (including phenoxy) is 3. The number of rotatable bonds is 6. The molecule has 0 spiro atoms. The summed E-state index contributed by atoms with van der Waals surface area (Å²) in [5.74, 6) is 1.95. The fraction of sp³-hybridized carbons (Fsp3) is 0.235. The Hall–Kier alpha value is -2.49. The summed E-state index contributed by atoms with van der Waals surface area (Å²) in [6.45, 7) is 1.95. The van der Waals surface area contributed by atoms with Crippen molar-refractivity contribution < 1.29 is 19.0 Å². The maximum absolute atomic E-state index is 10.8. The first-order chi connectivity index (χ1) is 10.2. The lowest BCUT2D eigenvalue weighted by atomic mass is 10.1. The van der Waals surface area contributed by atoms with E-state index < -0.39 is 0 Å². The Kier molecular flexibility index (Phi) is 4.82. The second-order valence-electron chi connectivity index (χ2n) is 4.56. The smallest absolute Gasteiger partial charge is 0.162 e. The Bertz CT molecular complexity index is 605. The summed E-state index contributed by atoms with van der Waals surface area (Å²) in [5.41, 5.74) is 1.58. The zero-order valence-corrected chi connectivity index (χ0v) is 12.3. The van der Waals surface area contributed by atoms with Crippen molar-refractivity contribution in [3.8, 4) is 17.2 Å².